The summed E-state index contributed by atoms with van der Waals surface area (Å²) in [5.41, 5.74) is 1.86. The zero-order valence-corrected chi connectivity index (χ0v) is 11.2. The van der Waals surface area contributed by atoms with Crippen molar-refractivity contribution in [2.75, 3.05) is 31.2 Å². The normalized spacial score (nSPS) is 16.3. The van der Waals surface area contributed by atoms with E-state index in [1.807, 2.05) is 6.07 Å². The summed E-state index contributed by atoms with van der Waals surface area (Å²) in [6, 6.07) is 8.36. The van der Waals surface area contributed by atoms with Gasteiger partial charge >= 0.3 is 0 Å². The molecule has 1 saturated heterocycles. The van der Waals surface area contributed by atoms with Crippen molar-refractivity contribution in [3.63, 3.8) is 0 Å². The number of fused-ring (bicyclic) bond motifs is 2. The Balaban J connectivity index is 1.83. The van der Waals surface area contributed by atoms with E-state index >= 15 is 0 Å². The van der Waals surface area contributed by atoms with Crippen LogP contribution in [0, 0.1) is 0 Å². The monoisotopic (exact) mass is 271 g/mol. The van der Waals surface area contributed by atoms with E-state index in [9.17, 15) is 0 Å². The molecule has 0 aliphatic carbocycles. The molecular weight excluding hydrogens is 258 g/mol. The van der Waals surface area contributed by atoms with E-state index in [0.717, 1.165) is 42.9 Å². The predicted molar refractivity (Wildman–Crippen MR) is 78.0 cm³/mol. The average molecular weight is 271 g/mol. The van der Waals surface area contributed by atoms with Crippen molar-refractivity contribution in [1.29, 1.82) is 0 Å². The van der Waals surface area contributed by atoms with Crippen LogP contribution in [0.15, 0.2) is 30.5 Å². The van der Waals surface area contributed by atoms with Crippen LogP contribution >= 0.6 is 11.3 Å². The highest BCUT2D eigenvalue weighted by atomic mass is 32.1. The zero-order valence-electron chi connectivity index (χ0n) is 10.4. The molecule has 0 radical (unpaired) electrons. The lowest BCUT2D eigenvalue weighted by molar-refractivity contribution is 0.123. The number of nitrogens with zero attached hydrogens (tertiary/aromatic N) is 3. The summed E-state index contributed by atoms with van der Waals surface area (Å²) in [7, 11) is 0. The molecule has 0 amide bonds. The first-order valence-corrected chi connectivity index (χ1v) is 7.20. The van der Waals surface area contributed by atoms with E-state index in [1.165, 1.54) is 9.70 Å². The largest absolute Gasteiger partial charge is 0.378 e. The minimum absolute atomic E-state index is 0.811. The number of anilines is 1. The number of aromatic nitrogens is 2. The summed E-state index contributed by atoms with van der Waals surface area (Å²) in [6.07, 6.45) is 1.79. The molecule has 1 fully saturated rings. The van der Waals surface area contributed by atoms with Gasteiger partial charge in [-0.05, 0) is 24.3 Å². The fraction of sp³-hybridized carbons (Fsp3) is 0.286. The minimum atomic E-state index is 0.811. The summed E-state index contributed by atoms with van der Waals surface area (Å²) >= 11 is 1.80. The number of morpholine rings is 1. The summed E-state index contributed by atoms with van der Waals surface area (Å²) in [5.74, 6) is 0. The van der Waals surface area contributed by atoms with Crippen LogP contribution in [0.4, 0.5) is 5.00 Å². The molecule has 1 aliphatic heterocycles. The van der Waals surface area contributed by atoms with Crippen LogP contribution in [0.25, 0.3) is 21.3 Å². The van der Waals surface area contributed by atoms with Gasteiger partial charge in [-0.3, -0.25) is 0 Å². The van der Waals surface area contributed by atoms with E-state index in [-0.39, 0.29) is 0 Å². The van der Waals surface area contributed by atoms with Crippen molar-refractivity contribution in [3.05, 3.63) is 30.5 Å². The second kappa shape index (κ2) is 4.43. The first kappa shape index (κ1) is 11.1. The molecule has 4 nitrogen and oxygen atoms in total. The van der Waals surface area contributed by atoms with Crippen molar-refractivity contribution in [1.82, 2.24) is 9.97 Å². The number of thiophene rings is 1. The number of pyridine rings is 2. The van der Waals surface area contributed by atoms with Crippen LogP contribution in [0.2, 0.25) is 0 Å². The van der Waals surface area contributed by atoms with Crippen LogP contribution in [0.3, 0.4) is 0 Å². The molecule has 0 saturated carbocycles. The van der Waals surface area contributed by atoms with Gasteiger partial charge in [-0.2, -0.15) is 0 Å². The van der Waals surface area contributed by atoms with Gasteiger partial charge in [0, 0.05) is 24.7 Å². The predicted octanol–water partition coefficient (Wildman–Crippen LogP) is 2.68. The first-order valence-electron chi connectivity index (χ1n) is 6.38. The quantitative estimate of drug-likeness (QED) is 0.682. The van der Waals surface area contributed by atoms with Crippen molar-refractivity contribution in [3.8, 4) is 0 Å². The van der Waals surface area contributed by atoms with Crippen LogP contribution in [-0.2, 0) is 4.74 Å². The smallest absolute Gasteiger partial charge is 0.159 e. The van der Waals surface area contributed by atoms with Gasteiger partial charge < -0.3 is 9.64 Å². The number of rotatable bonds is 1. The molecule has 1 aliphatic rings. The van der Waals surface area contributed by atoms with Crippen LogP contribution in [0.5, 0.6) is 0 Å². The van der Waals surface area contributed by atoms with E-state index in [1.54, 1.807) is 17.5 Å². The molecule has 0 N–H and O–H groups in total. The van der Waals surface area contributed by atoms with Gasteiger partial charge in [0.15, 0.2) is 5.65 Å². The Bertz CT molecular complexity index is 681. The van der Waals surface area contributed by atoms with E-state index in [2.05, 4.69) is 33.1 Å². The van der Waals surface area contributed by atoms with Gasteiger partial charge in [0.25, 0.3) is 0 Å². The van der Waals surface area contributed by atoms with Crippen LogP contribution < -0.4 is 4.90 Å². The van der Waals surface area contributed by atoms with Crippen molar-refractivity contribution in [2.24, 2.45) is 0 Å². The molecule has 96 valence electrons. The third-order valence-electron chi connectivity index (χ3n) is 3.38. The third kappa shape index (κ3) is 1.95. The van der Waals surface area contributed by atoms with Crippen molar-refractivity contribution < 1.29 is 4.74 Å². The Morgan fingerprint density at radius 2 is 2.11 bits per heavy atom. The van der Waals surface area contributed by atoms with Crippen molar-refractivity contribution >= 4 is 37.6 Å². The molecule has 0 bridgehead atoms. The molecule has 4 heterocycles. The molecular formula is C14H13N3OS. The maximum atomic E-state index is 5.40. The van der Waals surface area contributed by atoms with Gasteiger partial charge in [-0.1, -0.05) is 0 Å². The lowest BCUT2D eigenvalue weighted by Gasteiger charge is -2.27. The van der Waals surface area contributed by atoms with E-state index < -0.39 is 0 Å². The highest BCUT2D eigenvalue weighted by Crippen LogP contribution is 2.33. The number of hydrogen-bond acceptors (Lipinski definition) is 5. The molecule has 3 aromatic heterocycles. The molecule has 3 aromatic rings. The minimum Gasteiger partial charge on any atom is -0.378 e. The van der Waals surface area contributed by atoms with E-state index in [4.69, 9.17) is 4.74 Å². The van der Waals surface area contributed by atoms with Gasteiger partial charge in [-0.15, -0.1) is 11.3 Å². The van der Waals surface area contributed by atoms with E-state index in [0.29, 0.717) is 0 Å². The topological polar surface area (TPSA) is 38.2 Å². The number of ether oxygens (including phenoxy) is 1. The molecule has 0 unspecified atom stereocenters. The lowest BCUT2D eigenvalue weighted by atomic mass is 10.3. The van der Waals surface area contributed by atoms with Gasteiger partial charge in [0.05, 0.1) is 28.4 Å². The van der Waals surface area contributed by atoms with Gasteiger partial charge in [-0.25, -0.2) is 9.97 Å². The van der Waals surface area contributed by atoms with Crippen LogP contribution in [-0.4, -0.2) is 36.3 Å². The van der Waals surface area contributed by atoms with Gasteiger partial charge in [0.2, 0.25) is 0 Å². The summed E-state index contributed by atoms with van der Waals surface area (Å²) in [4.78, 5) is 11.3. The number of hydrogen-bond donors (Lipinski definition) is 0. The Labute approximate surface area is 114 Å². The molecule has 5 heteroatoms. The molecule has 0 spiro atoms. The average Bonchev–Trinajstić information content (AvgIpc) is 2.88. The molecule has 0 aromatic carbocycles. The van der Waals surface area contributed by atoms with Crippen LogP contribution in [0.1, 0.15) is 0 Å². The highest BCUT2D eigenvalue weighted by molar-refractivity contribution is 7.22. The SMILES string of the molecule is c1cnc2nc3cc(N4CCOCC4)sc3cc2c1. The second-order valence-electron chi connectivity index (χ2n) is 4.61. The molecule has 0 atom stereocenters. The Morgan fingerprint density at radius 1 is 1.21 bits per heavy atom. The standard InChI is InChI=1S/C14H13N3OS/c1-2-10-8-12-11(16-14(10)15-3-1)9-13(19-12)17-4-6-18-7-5-17/h1-3,8-9H,4-7H2. The Kier molecular flexibility index (Phi) is 2.60. The van der Waals surface area contributed by atoms with Gasteiger partial charge in [0.1, 0.15) is 0 Å². The molecule has 19 heavy (non-hydrogen) atoms. The summed E-state index contributed by atoms with van der Waals surface area (Å²) in [5, 5.41) is 2.38. The Hall–Kier alpha value is -1.72. The Morgan fingerprint density at radius 3 is 3.00 bits per heavy atom. The van der Waals surface area contributed by atoms with Crippen molar-refractivity contribution in [2.45, 2.75) is 0 Å². The third-order valence-corrected chi connectivity index (χ3v) is 4.51. The summed E-state index contributed by atoms with van der Waals surface area (Å²) < 4.78 is 6.62. The lowest BCUT2D eigenvalue weighted by Crippen LogP contribution is -2.35. The fourth-order valence-corrected chi connectivity index (χ4v) is 3.49. The maximum absolute atomic E-state index is 5.40. The first-order chi connectivity index (χ1) is 9.40. The maximum Gasteiger partial charge on any atom is 0.159 e. The molecule has 4 rings (SSSR count). The highest BCUT2D eigenvalue weighted by Gasteiger charge is 2.14. The second-order valence-corrected chi connectivity index (χ2v) is 5.67. The zero-order chi connectivity index (χ0) is 12.7. The summed E-state index contributed by atoms with van der Waals surface area (Å²) in [6.45, 7) is 3.55. The fourth-order valence-electron chi connectivity index (χ4n) is 2.38.